The van der Waals surface area contributed by atoms with E-state index < -0.39 is 17.8 Å². The molecule has 1 atom stereocenters. The van der Waals surface area contributed by atoms with Gasteiger partial charge in [0.2, 0.25) is 5.95 Å². The van der Waals surface area contributed by atoms with Gasteiger partial charge in [-0.05, 0) is 49.4 Å². The van der Waals surface area contributed by atoms with Crippen molar-refractivity contribution in [2.45, 2.75) is 38.1 Å². The fraction of sp³-hybridized carbons (Fsp3) is 0.381. The molecule has 5 rings (SSSR count). The normalized spacial score (nSPS) is 18.0. The van der Waals surface area contributed by atoms with Crippen LogP contribution in [-0.2, 0) is 12.7 Å². The molecular formula is C21H18Cl2F3N3O. The van der Waals surface area contributed by atoms with Gasteiger partial charge in [-0.15, -0.1) is 0 Å². The maximum absolute atomic E-state index is 13.7. The molecule has 1 aliphatic heterocycles. The quantitative estimate of drug-likeness (QED) is 0.500. The molecule has 4 nitrogen and oxygen atoms in total. The van der Waals surface area contributed by atoms with Crippen molar-refractivity contribution in [1.82, 2.24) is 9.55 Å². The molecule has 0 radical (unpaired) electrons. The summed E-state index contributed by atoms with van der Waals surface area (Å²) in [6.07, 6.45) is -2.65. The lowest BCUT2D eigenvalue weighted by Gasteiger charge is -2.31. The first-order valence-corrected chi connectivity index (χ1v) is 10.5. The highest BCUT2D eigenvalue weighted by Gasteiger charge is 2.38. The van der Waals surface area contributed by atoms with Crippen LogP contribution in [0.1, 0.15) is 36.5 Å². The Labute approximate surface area is 180 Å². The number of hydrogen-bond donors (Lipinski definition) is 1. The zero-order chi connectivity index (χ0) is 21.2. The van der Waals surface area contributed by atoms with Crippen LogP contribution in [0.5, 0.6) is 0 Å². The van der Waals surface area contributed by atoms with E-state index in [2.05, 4.69) is 4.98 Å². The number of nitrogens with zero attached hydrogens (tertiary/aromatic N) is 3. The molecule has 9 heteroatoms. The van der Waals surface area contributed by atoms with Crippen molar-refractivity contribution in [3.8, 4) is 0 Å². The van der Waals surface area contributed by atoms with E-state index in [0.717, 1.165) is 24.5 Å². The van der Waals surface area contributed by atoms with E-state index in [4.69, 9.17) is 23.2 Å². The van der Waals surface area contributed by atoms with Gasteiger partial charge in [-0.3, -0.25) is 0 Å². The van der Waals surface area contributed by atoms with Crippen LogP contribution < -0.4 is 4.90 Å². The lowest BCUT2D eigenvalue weighted by molar-refractivity contribution is -0.137. The second-order valence-corrected chi connectivity index (χ2v) is 8.69. The number of anilines is 2. The van der Waals surface area contributed by atoms with Crippen LogP contribution >= 0.6 is 23.2 Å². The van der Waals surface area contributed by atoms with Gasteiger partial charge >= 0.3 is 6.18 Å². The maximum Gasteiger partial charge on any atom is 0.418 e. The number of halogens is 5. The van der Waals surface area contributed by atoms with Crippen LogP contribution in [0.15, 0.2) is 30.3 Å². The van der Waals surface area contributed by atoms with E-state index in [1.807, 2.05) is 4.57 Å². The van der Waals surface area contributed by atoms with Crippen molar-refractivity contribution in [3.05, 3.63) is 51.5 Å². The SMILES string of the molecule is OC(c1ccc(Cl)c2nc3n(c12)CCCN3c1ccc(Cl)cc1C(F)(F)F)C1CC1. The van der Waals surface area contributed by atoms with Gasteiger partial charge in [0.15, 0.2) is 0 Å². The Hall–Kier alpha value is -1.96. The second kappa shape index (κ2) is 7.04. The summed E-state index contributed by atoms with van der Waals surface area (Å²) < 4.78 is 43.1. The first kappa shape index (κ1) is 20.0. The molecule has 1 aromatic heterocycles. The Balaban J connectivity index is 1.71. The number of rotatable bonds is 3. The van der Waals surface area contributed by atoms with Crippen LogP contribution in [0, 0.1) is 5.92 Å². The minimum atomic E-state index is -4.56. The molecule has 0 spiro atoms. The predicted molar refractivity (Wildman–Crippen MR) is 111 cm³/mol. The molecule has 2 heterocycles. The number of fused-ring (bicyclic) bond motifs is 3. The predicted octanol–water partition coefficient (Wildman–Crippen LogP) is 6.35. The van der Waals surface area contributed by atoms with E-state index in [1.54, 1.807) is 17.0 Å². The summed E-state index contributed by atoms with van der Waals surface area (Å²) in [5.41, 5.74) is 1.12. The van der Waals surface area contributed by atoms with Gasteiger partial charge in [0.25, 0.3) is 0 Å². The lowest BCUT2D eigenvalue weighted by Crippen LogP contribution is -2.30. The highest BCUT2D eigenvalue weighted by molar-refractivity contribution is 6.35. The maximum atomic E-state index is 13.7. The topological polar surface area (TPSA) is 41.3 Å². The van der Waals surface area contributed by atoms with Gasteiger partial charge in [0.1, 0.15) is 5.52 Å². The fourth-order valence-electron chi connectivity index (χ4n) is 4.23. The standard InChI is InChI=1S/C21H18Cl2F3N3O/c22-12-4-7-16(14(10-12)21(24,25)26)28-8-1-9-29-18-13(19(30)11-2-3-11)5-6-15(23)17(18)27-20(28)29/h4-7,10-11,19,30H,1-3,8-9H2. The molecule has 2 aliphatic rings. The summed E-state index contributed by atoms with van der Waals surface area (Å²) in [4.78, 5) is 6.19. The van der Waals surface area contributed by atoms with E-state index in [0.29, 0.717) is 41.5 Å². The van der Waals surface area contributed by atoms with E-state index in [-0.39, 0.29) is 16.6 Å². The number of aliphatic hydroxyl groups excluding tert-OH is 1. The van der Waals surface area contributed by atoms with Crippen LogP contribution in [0.25, 0.3) is 11.0 Å². The van der Waals surface area contributed by atoms with Crippen LogP contribution in [0.2, 0.25) is 10.0 Å². The average molecular weight is 456 g/mol. The molecular weight excluding hydrogens is 438 g/mol. The summed E-state index contributed by atoms with van der Waals surface area (Å²) in [5, 5.41) is 11.2. The number of hydrogen-bond acceptors (Lipinski definition) is 3. The Morgan fingerprint density at radius 3 is 2.57 bits per heavy atom. The fourth-order valence-corrected chi connectivity index (χ4v) is 4.60. The first-order valence-electron chi connectivity index (χ1n) is 9.76. The summed E-state index contributed by atoms with van der Waals surface area (Å²) >= 11 is 12.2. The zero-order valence-corrected chi connectivity index (χ0v) is 17.3. The van der Waals surface area contributed by atoms with Gasteiger partial charge in [-0.25, -0.2) is 4.98 Å². The van der Waals surface area contributed by atoms with Gasteiger partial charge in [-0.2, -0.15) is 13.2 Å². The Kier molecular flexibility index (Phi) is 4.69. The van der Waals surface area contributed by atoms with Gasteiger partial charge in [0, 0.05) is 23.7 Å². The smallest absolute Gasteiger partial charge is 0.388 e. The third-order valence-electron chi connectivity index (χ3n) is 5.80. The Bertz CT molecular complexity index is 1140. The minimum Gasteiger partial charge on any atom is -0.388 e. The first-order chi connectivity index (χ1) is 14.3. The molecule has 0 saturated heterocycles. The minimum absolute atomic E-state index is 0.00331. The molecule has 30 heavy (non-hydrogen) atoms. The van der Waals surface area contributed by atoms with Crippen molar-refractivity contribution >= 4 is 45.9 Å². The molecule has 0 bridgehead atoms. The summed E-state index contributed by atoms with van der Waals surface area (Å²) in [5.74, 6) is 0.592. The molecule has 1 saturated carbocycles. The highest BCUT2D eigenvalue weighted by Crippen LogP contribution is 2.46. The van der Waals surface area contributed by atoms with Gasteiger partial charge < -0.3 is 14.6 Å². The lowest BCUT2D eigenvalue weighted by atomic mass is 10.0. The Morgan fingerprint density at radius 2 is 1.87 bits per heavy atom. The number of aryl methyl sites for hydroxylation is 1. The van der Waals surface area contributed by atoms with Gasteiger partial charge in [0.05, 0.1) is 27.9 Å². The van der Waals surface area contributed by atoms with E-state index in [9.17, 15) is 18.3 Å². The third kappa shape index (κ3) is 3.24. The molecule has 1 unspecified atom stereocenters. The molecule has 3 aromatic rings. The van der Waals surface area contributed by atoms with Crippen molar-refractivity contribution in [2.75, 3.05) is 11.4 Å². The van der Waals surface area contributed by atoms with E-state index >= 15 is 0 Å². The molecule has 1 N–H and O–H groups in total. The largest absolute Gasteiger partial charge is 0.418 e. The molecule has 2 aromatic carbocycles. The monoisotopic (exact) mass is 455 g/mol. The highest BCUT2D eigenvalue weighted by atomic mass is 35.5. The molecule has 158 valence electrons. The van der Waals surface area contributed by atoms with E-state index in [1.165, 1.54) is 12.1 Å². The average Bonchev–Trinajstić information content (AvgIpc) is 3.47. The third-order valence-corrected chi connectivity index (χ3v) is 6.34. The van der Waals surface area contributed by atoms with Crippen molar-refractivity contribution in [1.29, 1.82) is 0 Å². The van der Waals surface area contributed by atoms with Crippen molar-refractivity contribution in [3.63, 3.8) is 0 Å². The second-order valence-electron chi connectivity index (χ2n) is 7.84. The molecule has 0 amide bonds. The van der Waals surface area contributed by atoms with Crippen LogP contribution in [0.4, 0.5) is 24.8 Å². The van der Waals surface area contributed by atoms with Crippen LogP contribution in [0.3, 0.4) is 0 Å². The molecule has 1 fully saturated rings. The van der Waals surface area contributed by atoms with Crippen molar-refractivity contribution < 1.29 is 18.3 Å². The number of benzene rings is 2. The number of imidazole rings is 1. The summed E-state index contributed by atoms with van der Waals surface area (Å²) in [6, 6.07) is 7.25. The zero-order valence-electron chi connectivity index (χ0n) is 15.8. The number of aromatic nitrogens is 2. The van der Waals surface area contributed by atoms with Crippen molar-refractivity contribution in [2.24, 2.45) is 5.92 Å². The summed E-state index contributed by atoms with van der Waals surface area (Å²) in [7, 11) is 0. The Morgan fingerprint density at radius 1 is 1.10 bits per heavy atom. The summed E-state index contributed by atoms with van der Waals surface area (Å²) in [6.45, 7) is 0.966. The van der Waals surface area contributed by atoms with Crippen LogP contribution in [-0.4, -0.2) is 21.2 Å². The number of aliphatic hydroxyl groups is 1. The van der Waals surface area contributed by atoms with Gasteiger partial charge in [-0.1, -0.05) is 29.3 Å². The number of alkyl halides is 3. The molecule has 1 aliphatic carbocycles.